The van der Waals surface area contributed by atoms with Crippen molar-refractivity contribution in [2.75, 3.05) is 11.9 Å². The van der Waals surface area contributed by atoms with Crippen LogP contribution in [0.3, 0.4) is 0 Å². The van der Waals surface area contributed by atoms with Gasteiger partial charge in [0.25, 0.3) is 5.56 Å². The Morgan fingerprint density at radius 3 is 2.74 bits per heavy atom. The van der Waals surface area contributed by atoms with E-state index in [4.69, 9.17) is 0 Å². The maximum Gasteiger partial charge on any atom is 0.262 e. The monoisotopic (exact) mass is 383 g/mol. The highest BCUT2D eigenvalue weighted by atomic mass is 32.1. The molecule has 3 aromatic rings. The lowest BCUT2D eigenvalue weighted by Crippen LogP contribution is -2.29. The zero-order chi connectivity index (χ0) is 19.7. The third kappa shape index (κ3) is 3.81. The summed E-state index contributed by atoms with van der Waals surface area (Å²) in [6.45, 7) is 8.52. The number of aryl methyl sites for hydroxylation is 3. The summed E-state index contributed by atoms with van der Waals surface area (Å²) in [6, 6.07) is 8.01. The molecule has 142 valence electrons. The molecule has 2 aromatic heterocycles. The van der Waals surface area contributed by atoms with E-state index >= 15 is 0 Å². The maximum atomic E-state index is 12.7. The van der Waals surface area contributed by atoms with Crippen LogP contribution in [0.5, 0.6) is 0 Å². The summed E-state index contributed by atoms with van der Waals surface area (Å²) >= 11 is 1.53. The third-order valence-electron chi connectivity index (χ3n) is 5.02. The Morgan fingerprint density at radius 1 is 1.30 bits per heavy atom. The summed E-state index contributed by atoms with van der Waals surface area (Å²) < 4.78 is 1.54. The molecule has 1 aromatic carbocycles. The Morgan fingerprint density at radius 2 is 2.04 bits per heavy atom. The van der Waals surface area contributed by atoms with Gasteiger partial charge >= 0.3 is 0 Å². The Hall–Kier alpha value is -2.47. The van der Waals surface area contributed by atoms with E-state index in [1.54, 1.807) is 18.3 Å². The van der Waals surface area contributed by atoms with E-state index in [2.05, 4.69) is 24.9 Å². The van der Waals surface area contributed by atoms with Crippen molar-refractivity contribution in [1.82, 2.24) is 9.55 Å². The molecule has 1 amide bonds. The number of carbonyl (C=O) groups excluding carboxylic acids is 1. The van der Waals surface area contributed by atoms with Gasteiger partial charge in [0.15, 0.2) is 0 Å². The minimum absolute atomic E-state index is 0.0267. The molecule has 0 bridgehead atoms. The highest BCUT2D eigenvalue weighted by Gasteiger charge is 2.15. The highest BCUT2D eigenvalue weighted by molar-refractivity contribution is 7.18. The van der Waals surface area contributed by atoms with Crippen LogP contribution in [0.4, 0.5) is 5.69 Å². The number of thiophene rings is 1. The summed E-state index contributed by atoms with van der Waals surface area (Å²) in [5, 5.41) is 0.672. The number of carbonyl (C=O) groups is 1. The number of hydrogen-bond acceptors (Lipinski definition) is 4. The van der Waals surface area contributed by atoms with E-state index in [0.29, 0.717) is 17.8 Å². The predicted molar refractivity (Wildman–Crippen MR) is 112 cm³/mol. The number of hydrogen-bond donors (Lipinski definition) is 0. The van der Waals surface area contributed by atoms with Gasteiger partial charge in [0.2, 0.25) is 5.91 Å². The molecule has 0 saturated heterocycles. The Bertz CT molecular complexity index is 1050. The molecule has 5 nitrogen and oxygen atoms in total. The summed E-state index contributed by atoms with van der Waals surface area (Å²) in [4.78, 5) is 33.3. The SMILES string of the molecule is Cc1sc2ncn(CCC(=O)N(C)c3cccc(C(C)C)c3)c(=O)c2c1C. The minimum Gasteiger partial charge on any atom is -0.315 e. The fraction of sp³-hybridized carbons (Fsp3) is 0.381. The summed E-state index contributed by atoms with van der Waals surface area (Å²) in [5.41, 5.74) is 2.98. The molecular weight excluding hydrogens is 358 g/mol. The van der Waals surface area contributed by atoms with E-state index in [1.165, 1.54) is 21.5 Å². The largest absolute Gasteiger partial charge is 0.315 e. The topological polar surface area (TPSA) is 55.2 Å². The van der Waals surface area contributed by atoms with Crippen molar-refractivity contribution in [1.29, 1.82) is 0 Å². The minimum atomic E-state index is -0.0703. The lowest BCUT2D eigenvalue weighted by molar-refractivity contribution is -0.118. The predicted octanol–water partition coefficient (Wildman–Crippen LogP) is 4.25. The van der Waals surface area contributed by atoms with Crippen LogP contribution in [0.2, 0.25) is 0 Å². The number of anilines is 1. The van der Waals surface area contributed by atoms with Crippen LogP contribution >= 0.6 is 11.3 Å². The number of fused-ring (bicyclic) bond motifs is 1. The molecule has 27 heavy (non-hydrogen) atoms. The molecule has 0 atom stereocenters. The molecule has 0 aliphatic rings. The van der Waals surface area contributed by atoms with E-state index in [9.17, 15) is 9.59 Å². The normalized spacial score (nSPS) is 11.3. The van der Waals surface area contributed by atoms with Crippen LogP contribution in [0.1, 0.15) is 42.2 Å². The number of benzene rings is 1. The fourth-order valence-corrected chi connectivity index (χ4v) is 4.04. The first-order valence-electron chi connectivity index (χ1n) is 9.11. The van der Waals surface area contributed by atoms with Gasteiger partial charge in [-0.3, -0.25) is 14.2 Å². The van der Waals surface area contributed by atoms with Gasteiger partial charge in [-0.15, -0.1) is 11.3 Å². The molecule has 0 spiro atoms. The summed E-state index contributed by atoms with van der Waals surface area (Å²) in [5.74, 6) is 0.378. The molecule has 0 radical (unpaired) electrons. The van der Waals surface area contributed by atoms with Gasteiger partial charge in [0.05, 0.1) is 11.7 Å². The smallest absolute Gasteiger partial charge is 0.262 e. The average molecular weight is 384 g/mol. The first-order valence-corrected chi connectivity index (χ1v) is 9.93. The van der Waals surface area contributed by atoms with Gasteiger partial charge in [-0.1, -0.05) is 26.0 Å². The molecule has 2 heterocycles. The standard InChI is InChI=1S/C21H25N3O2S/c1-13(2)16-7-6-8-17(11-16)23(5)18(25)9-10-24-12-22-20-19(21(24)26)14(3)15(4)27-20/h6-8,11-13H,9-10H2,1-5H3. The number of aromatic nitrogens is 2. The molecule has 0 saturated carbocycles. The molecule has 3 rings (SSSR count). The van der Waals surface area contributed by atoms with Crippen molar-refractivity contribution in [2.45, 2.75) is 46.6 Å². The van der Waals surface area contributed by atoms with E-state index < -0.39 is 0 Å². The number of amides is 1. The number of rotatable bonds is 5. The van der Waals surface area contributed by atoms with Crippen molar-refractivity contribution in [3.63, 3.8) is 0 Å². The second-order valence-electron chi connectivity index (χ2n) is 7.16. The van der Waals surface area contributed by atoms with Crippen LogP contribution in [0.25, 0.3) is 10.2 Å². The highest BCUT2D eigenvalue weighted by Crippen LogP contribution is 2.25. The molecule has 0 N–H and O–H groups in total. The second kappa shape index (κ2) is 7.64. The first kappa shape index (κ1) is 19.3. The van der Waals surface area contributed by atoms with Crippen molar-refractivity contribution < 1.29 is 4.79 Å². The van der Waals surface area contributed by atoms with Gasteiger partial charge in [0.1, 0.15) is 4.83 Å². The molecule has 0 aliphatic heterocycles. The molecular formula is C21H25N3O2S. The summed E-state index contributed by atoms with van der Waals surface area (Å²) in [7, 11) is 1.78. The Kier molecular flexibility index (Phi) is 5.46. The molecule has 0 unspecified atom stereocenters. The Balaban J connectivity index is 1.76. The van der Waals surface area contributed by atoms with Crippen molar-refractivity contribution in [3.05, 3.63) is 57.0 Å². The van der Waals surface area contributed by atoms with Crippen LogP contribution in [0.15, 0.2) is 35.4 Å². The van der Waals surface area contributed by atoms with Gasteiger partial charge in [0, 0.05) is 30.6 Å². The van der Waals surface area contributed by atoms with E-state index in [-0.39, 0.29) is 17.9 Å². The fourth-order valence-electron chi connectivity index (χ4n) is 3.05. The quantitative estimate of drug-likeness (QED) is 0.662. The van der Waals surface area contributed by atoms with E-state index in [0.717, 1.165) is 21.0 Å². The zero-order valence-electron chi connectivity index (χ0n) is 16.4. The summed E-state index contributed by atoms with van der Waals surface area (Å²) in [6.07, 6.45) is 1.80. The average Bonchev–Trinajstić information content (AvgIpc) is 2.95. The zero-order valence-corrected chi connectivity index (χ0v) is 17.3. The van der Waals surface area contributed by atoms with Crippen molar-refractivity contribution >= 4 is 33.1 Å². The molecule has 0 fully saturated rings. The van der Waals surface area contributed by atoms with Gasteiger partial charge in [-0.05, 0) is 43.0 Å². The van der Waals surface area contributed by atoms with Crippen LogP contribution < -0.4 is 10.5 Å². The Labute approximate surface area is 163 Å². The van der Waals surface area contributed by atoms with E-state index in [1.807, 2.05) is 32.0 Å². The maximum absolute atomic E-state index is 12.7. The van der Waals surface area contributed by atoms with Crippen molar-refractivity contribution in [3.8, 4) is 0 Å². The van der Waals surface area contributed by atoms with Gasteiger partial charge in [-0.25, -0.2) is 4.98 Å². The van der Waals surface area contributed by atoms with Crippen LogP contribution in [-0.2, 0) is 11.3 Å². The number of nitrogens with zero attached hydrogens (tertiary/aromatic N) is 3. The van der Waals surface area contributed by atoms with Crippen LogP contribution in [0, 0.1) is 13.8 Å². The lowest BCUT2D eigenvalue weighted by atomic mass is 10.0. The third-order valence-corrected chi connectivity index (χ3v) is 6.14. The first-order chi connectivity index (χ1) is 12.8. The van der Waals surface area contributed by atoms with Crippen LogP contribution in [-0.4, -0.2) is 22.5 Å². The van der Waals surface area contributed by atoms with Crippen molar-refractivity contribution in [2.24, 2.45) is 0 Å². The molecule has 0 aliphatic carbocycles. The van der Waals surface area contributed by atoms with Gasteiger partial charge < -0.3 is 4.90 Å². The second-order valence-corrected chi connectivity index (χ2v) is 8.36. The van der Waals surface area contributed by atoms with Gasteiger partial charge in [-0.2, -0.15) is 0 Å². The molecule has 6 heteroatoms. The lowest BCUT2D eigenvalue weighted by Gasteiger charge is -2.19.